The first-order valence-corrected chi connectivity index (χ1v) is 6.83. The minimum Gasteiger partial charge on any atom is -0.496 e. The van der Waals surface area contributed by atoms with Gasteiger partial charge in [0.25, 0.3) is 0 Å². The van der Waals surface area contributed by atoms with Gasteiger partial charge in [-0.25, -0.2) is 4.79 Å². The monoisotopic (exact) mass is 282 g/mol. The lowest BCUT2D eigenvalue weighted by molar-refractivity contribution is -0.130. The van der Waals surface area contributed by atoms with E-state index >= 15 is 0 Å². The summed E-state index contributed by atoms with van der Waals surface area (Å²) in [5.74, 6) is -0.421. The van der Waals surface area contributed by atoms with Crippen LogP contribution in [0.15, 0.2) is 48.5 Å². The van der Waals surface area contributed by atoms with E-state index in [1.807, 2.05) is 30.3 Å². The fraction of sp³-hybridized carbons (Fsp3) is 0.167. The Morgan fingerprint density at radius 2 is 1.81 bits per heavy atom. The van der Waals surface area contributed by atoms with Crippen molar-refractivity contribution in [3.8, 4) is 5.75 Å². The SMILES string of the molecule is CCc1ccc(/C=C(\C(=O)O)c2ccccc2OC)cc1. The summed E-state index contributed by atoms with van der Waals surface area (Å²) in [4.78, 5) is 11.6. The van der Waals surface area contributed by atoms with Gasteiger partial charge in [0.2, 0.25) is 0 Å². The molecule has 0 unspecified atom stereocenters. The number of aryl methyl sites for hydroxylation is 1. The number of carboxylic acid groups (broad SMARTS) is 1. The second-order valence-electron chi connectivity index (χ2n) is 4.66. The van der Waals surface area contributed by atoms with Crippen molar-refractivity contribution in [2.24, 2.45) is 0 Å². The van der Waals surface area contributed by atoms with Crippen molar-refractivity contribution in [3.63, 3.8) is 0 Å². The fourth-order valence-electron chi connectivity index (χ4n) is 2.14. The average Bonchev–Trinajstić information content (AvgIpc) is 2.53. The van der Waals surface area contributed by atoms with Gasteiger partial charge in [0.1, 0.15) is 5.75 Å². The summed E-state index contributed by atoms with van der Waals surface area (Å²) in [5.41, 5.74) is 2.88. The van der Waals surface area contributed by atoms with Crippen molar-refractivity contribution in [3.05, 3.63) is 65.2 Å². The maximum absolute atomic E-state index is 11.6. The van der Waals surface area contributed by atoms with Gasteiger partial charge in [-0.2, -0.15) is 0 Å². The summed E-state index contributed by atoms with van der Waals surface area (Å²) in [5, 5.41) is 9.48. The minimum atomic E-state index is -0.973. The number of aliphatic carboxylic acids is 1. The molecule has 2 aromatic rings. The predicted octanol–water partition coefficient (Wildman–Crippen LogP) is 3.88. The number of hydrogen-bond donors (Lipinski definition) is 1. The highest BCUT2D eigenvalue weighted by atomic mass is 16.5. The molecule has 0 amide bonds. The molecule has 3 heteroatoms. The summed E-state index contributed by atoms with van der Waals surface area (Å²) in [6, 6.07) is 15.0. The van der Waals surface area contributed by atoms with Crippen LogP contribution < -0.4 is 4.74 Å². The van der Waals surface area contributed by atoms with Crippen LogP contribution in [0.4, 0.5) is 0 Å². The standard InChI is InChI=1S/C18H18O3/c1-3-13-8-10-14(11-9-13)12-16(18(19)20)15-6-4-5-7-17(15)21-2/h4-12H,3H2,1-2H3,(H,19,20)/b16-12-. The number of benzene rings is 2. The molecule has 2 rings (SSSR count). The zero-order chi connectivity index (χ0) is 15.2. The van der Waals surface area contributed by atoms with Crippen molar-refractivity contribution in [2.75, 3.05) is 7.11 Å². The Kier molecular flexibility index (Phi) is 4.77. The van der Waals surface area contributed by atoms with Crippen LogP contribution in [0.25, 0.3) is 11.6 Å². The van der Waals surface area contributed by atoms with Crippen LogP contribution in [0.2, 0.25) is 0 Å². The third-order valence-corrected chi connectivity index (χ3v) is 3.33. The summed E-state index contributed by atoms with van der Waals surface area (Å²) in [7, 11) is 1.54. The third-order valence-electron chi connectivity index (χ3n) is 3.33. The molecule has 108 valence electrons. The number of rotatable bonds is 5. The lowest BCUT2D eigenvalue weighted by Gasteiger charge is -2.09. The van der Waals surface area contributed by atoms with E-state index in [0.29, 0.717) is 11.3 Å². The molecule has 0 spiro atoms. The number of carbonyl (C=O) groups is 1. The van der Waals surface area contributed by atoms with Crippen molar-refractivity contribution in [2.45, 2.75) is 13.3 Å². The highest BCUT2D eigenvalue weighted by molar-refractivity contribution is 6.21. The van der Waals surface area contributed by atoms with Crippen molar-refractivity contribution in [1.82, 2.24) is 0 Å². The van der Waals surface area contributed by atoms with Gasteiger partial charge in [0, 0.05) is 5.56 Å². The Labute approximate surface area is 124 Å². The van der Waals surface area contributed by atoms with Gasteiger partial charge in [-0.3, -0.25) is 0 Å². The Balaban J connectivity index is 2.47. The van der Waals surface area contributed by atoms with E-state index in [4.69, 9.17) is 4.74 Å². The molecule has 0 bridgehead atoms. The second kappa shape index (κ2) is 6.75. The molecule has 0 aliphatic carbocycles. The maximum Gasteiger partial charge on any atom is 0.336 e. The van der Waals surface area contributed by atoms with Crippen molar-refractivity contribution in [1.29, 1.82) is 0 Å². The first-order chi connectivity index (χ1) is 10.2. The van der Waals surface area contributed by atoms with Crippen LogP contribution in [0.1, 0.15) is 23.6 Å². The van der Waals surface area contributed by atoms with Crippen molar-refractivity contribution >= 4 is 17.6 Å². The molecule has 21 heavy (non-hydrogen) atoms. The molecular formula is C18H18O3. The molecule has 0 fully saturated rings. The van der Waals surface area contributed by atoms with Gasteiger partial charge >= 0.3 is 5.97 Å². The van der Waals surface area contributed by atoms with Gasteiger partial charge in [-0.05, 0) is 29.7 Å². The summed E-state index contributed by atoms with van der Waals surface area (Å²) in [6.07, 6.45) is 2.63. The molecule has 1 N–H and O–H groups in total. The van der Waals surface area contributed by atoms with Crippen LogP contribution in [0.3, 0.4) is 0 Å². The Morgan fingerprint density at radius 3 is 2.38 bits per heavy atom. The Bertz CT molecular complexity index is 654. The Morgan fingerprint density at radius 1 is 1.14 bits per heavy atom. The molecule has 0 heterocycles. The van der Waals surface area contributed by atoms with E-state index in [2.05, 4.69) is 6.92 Å². The Hall–Kier alpha value is -2.55. The average molecular weight is 282 g/mol. The van der Waals surface area contributed by atoms with Crippen molar-refractivity contribution < 1.29 is 14.6 Å². The maximum atomic E-state index is 11.6. The van der Waals surface area contributed by atoms with E-state index in [-0.39, 0.29) is 5.57 Å². The fourth-order valence-corrected chi connectivity index (χ4v) is 2.14. The first kappa shape index (κ1) is 14.9. The number of para-hydroxylation sites is 1. The number of methoxy groups -OCH3 is 1. The lowest BCUT2D eigenvalue weighted by Crippen LogP contribution is -2.01. The molecule has 0 radical (unpaired) electrons. The topological polar surface area (TPSA) is 46.5 Å². The lowest BCUT2D eigenvalue weighted by atomic mass is 10.0. The molecular weight excluding hydrogens is 264 g/mol. The molecule has 0 aromatic heterocycles. The molecule has 3 nitrogen and oxygen atoms in total. The van der Waals surface area contributed by atoms with Crippen LogP contribution in [-0.4, -0.2) is 18.2 Å². The zero-order valence-electron chi connectivity index (χ0n) is 12.2. The van der Waals surface area contributed by atoms with E-state index in [1.54, 1.807) is 24.3 Å². The normalized spacial score (nSPS) is 11.2. The van der Waals surface area contributed by atoms with Gasteiger partial charge in [-0.15, -0.1) is 0 Å². The molecule has 0 atom stereocenters. The quantitative estimate of drug-likeness (QED) is 0.668. The van der Waals surface area contributed by atoms with E-state index < -0.39 is 5.97 Å². The highest BCUT2D eigenvalue weighted by Crippen LogP contribution is 2.27. The van der Waals surface area contributed by atoms with Crippen LogP contribution in [-0.2, 0) is 11.2 Å². The molecule has 0 aliphatic heterocycles. The number of carboxylic acids is 1. The van der Waals surface area contributed by atoms with Gasteiger partial charge in [0.05, 0.1) is 12.7 Å². The predicted molar refractivity (Wildman–Crippen MR) is 84.3 cm³/mol. The van der Waals surface area contributed by atoms with Gasteiger partial charge in [-0.1, -0.05) is 49.4 Å². The zero-order valence-corrected chi connectivity index (χ0v) is 12.2. The van der Waals surface area contributed by atoms with Crippen LogP contribution in [0.5, 0.6) is 5.75 Å². The molecule has 0 saturated carbocycles. The summed E-state index contributed by atoms with van der Waals surface area (Å²) >= 11 is 0. The highest BCUT2D eigenvalue weighted by Gasteiger charge is 2.14. The number of ether oxygens (including phenoxy) is 1. The third kappa shape index (κ3) is 3.51. The summed E-state index contributed by atoms with van der Waals surface area (Å²) in [6.45, 7) is 2.09. The van der Waals surface area contributed by atoms with Gasteiger partial charge in [0.15, 0.2) is 0 Å². The smallest absolute Gasteiger partial charge is 0.336 e. The number of hydrogen-bond acceptors (Lipinski definition) is 2. The minimum absolute atomic E-state index is 0.219. The largest absolute Gasteiger partial charge is 0.496 e. The first-order valence-electron chi connectivity index (χ1n) is 6.83. The van der Waals surface area contributed by atoms with Crippen LogP contribution in [0, 0.1) is 0 Å². The summed E-state index contributed by atoms with van der Waals surface area (Å²) < 4.78 is 5.25. The molecule has 0 aliphatic rings. The van der Waals surface area contributed by atoms with Gasteiger partial charge < -0.3 is 9.84 Å². The van der Waals surface area contributed by atoms with E-state index in [0.717, 1.165) is 12.0 Å². The second-order valence-corrected chi connectivity index (χ2v) is 4.66. The molecule has 0 saturated heterocycles. The van der Waals surface area contributed by atoms with E-state index in [9.17, 15) is 9.90 Å². The van der Waals surface area contributed by atoms with E-state index in [1.165, 1.54) is 12.7 Å². The van der Waals surface area contributed by atoms with Crippen LogP contribution >= 0.6 is 0 Å². The molecule has 2 aromatic carbocycles.